The van der Waals surface area contributed by atoms with Crippen LogP contribution in [-0.2, 0) is 27.2 Å². The van der Waals surface area contributed by atoms with E-state index in [4.69, 9.17) is 4.74 Å². The molecule has 2 aliphatic rings. The summed E-state index contributed by atoms with van der Waals surface area (Å²) in [6, 6.07) is 20.5. The number of amides is 1. The first-order chi connectivity index (χ1) is 17.8. The molecule has 1 amide bonds. The number of aryl methyl sites for hydroxylation is 2. The van der Waals surface area contributed by atoms with Crippen LogP contribution in [0.2, 0.25) is 0 Å². The number of aliphatic hydroxyl groups is 1. The molecule has 1 unspecified atom stereocenters. The van der Waals surface area contributed by atoms with Crippen LogP contribution in [0.5, 0.6) is 0 Å². The summed E-state index contributed by atoms with van der Waals surface area (Å²) in [6.07, 6.45) is 3.91. The molecular weight excluding hydrogens is 466 g/mol. The van der Waals surface area contributed by atoms with Crippen LogP contribution in [0.4, 0.5) is 5.69 Å². The minimum Gasteiger partial charge on any atom is -0.507 e. The van der Waals surface area contributed by atoms with Crippen molar-refractivity contribution in [2.24, 2.45) is 0 Å². The van der Waals surface area contributed by atoms with E-state index in [0.29, 0.717) is 22.4 Å². The molecule has 1 fully saturated rings. The number of hydrogen-bond donors (Lipinski definition) is 1. The van der Waals surface area contributed by atoms with Crippen LogP contribution < -0.4 is 4.90 Å². The molecule has 3 aromatic carbocycles. The molecule has 1 heterocycles. The standard InChI is InChI=1S/C31H29NO5/c1-19(2)37-31(36)22-14-16-25(17-15-22)32-27(21-9-4-3-5-10-21)26(29(34)30(32)35)28(33)24-13-12-20-8-6-7-11-23(20)18-24/h3-5,9-10,12-19,27,33H,6-8,11H2,1-2H3/b28-26-. The Labute approximate surface area is 216 Å². The normalized spacial score (nSPS) is 18.7. The van der Waals surface area contributed by atoms with Crippen molar-refractivity contribution in [2.45, 2.75) is 51.7 Å². The quantitative estimate of drug-likeness (QED) is 0.211. The number of hydrogen-bond acceptors (Lipinski definition) is 5. The van der Waals surface area contributed by atoms with E-state index in [2.05, 4.69) is 0 Å². The lowest BCUT2D eigenvalue weighted by molar-refractivity contribution is -0.132. The number of ether oxygens (including phenoxy) is 1. The van der Waals surface area contributed by atoms with Crippen molar-refractivity contribution in [1.29, 1.82) is 0 Å². The van der Waals surface area contributed by atoms with Crippen molar-refractivity contribution >= 4 is 29.1 Å². The maximum atomic E-state index is 13.4. The van der Waals surface area contributed by atoms with Gasteiger partial charge in [-0.15, -0.1) is 0 Å². The zero-order valence-corrected chi connectivity index (χ0v) is 20.9. The van der Waals surface area contributed by atoms with E-state index >= 15 is 0 Å². The monoisotopic (exact) mass is 495 g/mol. The van der Waals surface area contributed by atoms with Crippen molar-refractivity contribution in [3.05, 3.63) is 106 Å². The highest BCUT2D eigenvalue weighted by molar-refractivity contribution is 6.51. The summed E-state index contributed by atoms with van der Waals surface area (Å²) in [4.78, 5) is 40.4. The van der Waals surface area contributed by atoms with Gasteiger partial charge >= 0.3 is 5.97 Å². The van der Waals surface area contributed by atoms with E-state index < -0.39 is 23.7 Å². The van der Waals surface area contributed by atoms with E-state index in [1.807, 2.05) is 48.5 Å². The third-order valence-electron chi connectivity index (χ3n) is 6.91. The average Bonchev–Trinajstić information content (AvgIpc) is 3.18. The van der Waals surface area contributed by atoms with Crippen LogP contribution in [0.15, 0.2) is 78.4 Å². The number of esters is 1. The molecule has 6 heteroatoms. The van der Waals surface area contributed by atoms with Gasteiger partial charge in [-0.2, -0.15) is 0 Å². The maximum Gasteiger partial charge on any atom is 0.338 e. The smallest absolute Gasteiger partial charge is 0.338 e. The number of fused-ring (bicyclic) bond motifs is 1. The number of Topliss-reactive ketones (excluding diaryl/α,β-unsaturated/α-hetero) is 1. The summed E-state index contributed by atoms with van der Waals surface area (Å²) >= 11 is 0. The number of benzene rings is 3. The number of nitrogens with zero attached hydrogens (tertiary/aromatic N) is 1. The van der Waals surface area contributed by atoms with Gasteiger partial charge in [0, 0.05) is 11.3 Å². The van der Waals surface area contributed by atoms with Crippen molar-refractivity contribution in [3.8, 4) is 0 Å². The van der Waals surface area contributed by atoms with Crippen LogP contribution in [0, 0.1) is 0 Å². The van der Waals surface area contributed by atoms with Gasteiger partial charge in [0.05, 0.1) is 23.3 Å². The Morgan fingerprint density at radius 3 is 2.22 bits per heavy atom. The molecule has 0 saturated carbocycles. The van der Waals surface area contributed by atoms with Crippen molar-refractivity contribution < 1.29 is 24.2 Å². The zero-order valence-electron chi connectivity index (χ0n) is 20.9. The molecule has 1 saturated heterocycles. The Balaban J connectivity index is 1.59. The molecule has 0 radical (unpaired) electrons. The summed E-state index contributed by atoms with van der Waals surface area (Å²) in [5, 5.41) is 11.4. The number of rotatable bonds is 5. The number of ketones is 1. The first-order valence-corrected chi connectivity index (χ1v) is 12.6. The van der Waals surface area contributed by atoms with E-state index in [1.54, 1.807) is 38.1 Å². The van der Waals surface area contributed by atoms with Gasteiger partial charge in [0.15, 0.2) is 0 Å². The highest BCUT2D eigenvalue weighted by atomic mass is 16.5. The highest BCUT2D eigenvalue weighted by Gasteiger charge is 2.47. The van der Waals surface area contributed by atoms with E-state index in [9.17, 15) is 19.5 Å². The highest BCUT2D eigenvalue weighted by Crippen LogP contribution is 2.42. The van der Waals surface area contributed by atoms with Gasteiger partial charge in [0.25, 0.3) is 11.7 Å². The third-order valence-corrected chi connectivity index (χ3v) is 6.91. The maximum absolute atomic E-state index is 13.4. The molecular formula is C31H29NO5. The summed E-state index contributed by atoms with van der Waals surface area (Å²) < 4.78 is 5.25. The SMILES string of the molecule is CC(C)OC(=O)c1ccc(N2C(=O)C(=O)/C(=C(\O)c3ccc4c(c3)CCCC4)C2c2ccccc2)cc1. The molecule has 1 N–H and O–H groups in total. The topological polar surface area (TPSA) is 83.9 Å². The van der Waals surface area contributed by atoms with Gasteiger partial charge in [-0.25, -0.2) is 4.79 Å². The van der Waals surface area contributed by atoms with E-state index in [-0.39, 0.29) is 17.4 Å². The van der Waals surface area contributed by atoms with Gasteiger partial charge in [-0.3, -0.25) is 14.5 Å². The second-order valence-electron chi connectivity index (χ2n) is 9.77. The lowest BCUT2D eigenvalue weighted by atomic mass is 9.88. The van der Waals surface area contributed by atoms with Gasteiger partial charge in [0.1, 0.15) is 5.76 Å². The van der Waals surface area contributed by atoms with Gasteiger partial charge < -0.3 is 9.84 Å². The average molecular weight is 496 g/mol. The number of carbonyl (C=O) groups is 3. The minimum absolute atomic E-state index is 0.0512. The number of aliphatic hydroxyl groups excluding tert-OH is 1. The molecule has 1 aliphatic carbocycles. The second-order valence-corrected chi connectivity index (χ2v) is 9.77. The largest absolute Gasteiger partial charge is 0.507 e. The zero-order chi connectivity index (χ0) is 26.1. The van der Waals surface area contributed by atoms with Crippen LogP contribution in [0.3, 0.4) is 0 Å². The lowest BCUT2D eigenvalue weighted by Crippen LogP contribution is -2.29. The summed E-state index contributed by atoms with van der Waals surface area (Å²) in [5.41, 5.74) is 4.51. The molecule has 37 heavy (non-hydrogen) atoms. The third kappa shape index (κ3) is 4.67. The molecule has 188 valence electrons. The number of carbonyl (C=O) groups excluding carboxylic acids is 3. The predicted molar refractivity (Wildman–Crippen MR) is 141 cm³/mol. The van der Waals surface area contributed by atoms with Crippen molar-refractivity contribution in [2.75, 3.05) is 4.90 Å². The van der Waals surface area contributed by atoms with Crippen LogP contribution in [0.25, 0.3) is 5.76 Å². The Hall–Kier alpha value is -4.19. The molecule has 0 aromatic heterocycles. The van der Waals surface area contributed by atoms with Crippen LogP contribution >= 0.6 is 0 Å². The van der Waals surface area contributed by atoms with Gasteiger partial charge in [-0.1, -0.05) is 42.5 Å². The summed E-state index contributed by atoms with van der Waals surface area (Å²) in [7, 11) is 0. The molecule has 1 aliphatic heterocycles. The van der Waals surface area contributed by atoms with Gasteiger partial charge in [0.2, 0.25) is 0 Å². The summed E-state index contributed by atoms with van der Waals surface area (Å²) in [6.45, 7) is 3.54. The molecule has 3 aromatic rings. The fourth-order valence-corrected chi connectivity index (χ4v) is 5.13. The first kappa shape index (κ1) is 24.5. The lowest BCUT2D eigenvalue weighted by Gasteiger charge is -2.25. The van der Waals surface area contributed by atoms with E-state index in [0.717, 1.165) is 25.7 Å². The predicted octanol–water partition coefficient (Wildman–Crippen LogP) is 5.76. The molecule has 6 nitrogen and oxygen atoms in total. The summed E-state index contributed by atoms with van der Waals surface area (Å²) in [5.74, 6) is -2.12. The first-order valence-electron chi connectivity index (χ1n) is 12.6. The molecule has 1 atom stereocenters. The van der Waals surface area contributed by atoms with Gasteiger partial charge in [-0.05, 0) is 86.6 Å². The number of anilines is 1. The molecule has 5 rings (SSSR count). The Morgan fingerprint density at radius 2 is 1.54 bits per heavy atom. The fourth-order valence-electron chi connectivity index (χ4n) is 5.13. The van der Waals surface area contributed by atoms with E-state index in [1.165, 1.54) is 16.0 Å². The van der Waals surface area contributed by atoms with Crippen molar-refractivity contribution in [1.82, 2.24) is 0 Å². The minimum atomic E-state index is -0.814. The Kier molecular flexibility index (Phi) is 6.66. The Bertz CT molecular complexity index is 1390. The molecule has 0 spiro atoms. The molecule has 0 bridgehead atoms. The van der Waals surface area contributed by atoms with Crippen LogP contribution in [-0.4, -0.2) is 28.9 Å². The van der Waals surface area contributed by atoms with Crippen molar-refractivity contribution in [3.63, 3.8) is 0 Å². The van der Waals surface area contributed by atoms with Crippen LogP contribution in [0.1, 0.15) is 65.3 Å². The Morgan fingerprint density at radius 1 is 0.892 bits per heavy atom. The second kappa shape index (κ2) is 10.1. The fraction of sp³-hybridized carbons (Fsp3) is 0.258.